The lowest BCUT2D eigenvalue weighted by Crippen LogP contribution is -1.85. The summed E-state index contributed by atoms with van der Waals surface area (Å²) in [6.45, 7) is 1.22. The number of hydrogen-bond donors (Lipinski definition) is 0. The maximum Gasteiger partial charge on any atom is 0.255 e. The zero-order valence-corrected chi connectivity index (χ0v) is 7.87. The molecule has 0 fully saturated rings. The van der Waals surface area contributed by atoms with Crippen molar-refractivity contribution >= 4 is 18.0 Å². The molecule has 0 aliphatic heterocycles. The molecule has 10 heavy (non-hydrogen) atoms. The highest BCUT2D eigenvalue weighted by atomic mass is 32.7. The number of terminal acetylenes is 1. The highest BCUT2D eigenvalue weighted by Crippen LogP contribution is 2.55. The van der Waals surface area contributed by atoms with Crippen LogP contribution >= 0.6 is 18.0 Å². The Morgan fingerprint density at radius 3 is 2.80 bits per heavy atom. The van der Waals surface area contributed by atoms with Crippen LogP contribution in [0.1, 0.15) is 6.92 Å². The van der Waals surface area contributed by atoms with Gasteiger partial charge in [-0.3, -0.25) is 4.57 Å². The highest BCUT2D eigenvalue weighted by molar-refractivity contribution is 8.56. The monoisotopic (exact) mass is 178 g/mol. The van der Waals surface area contributed by atoms with Gasteiger partial charge in [-0.15, -0.1) is 6.42 Å². The Hall–Kier alpha value is 0.100. The Morgan fingerprint density at radius 1 is 1.80 bits per heavy atom. The predicted molar refractivity (Wildman–Crippen MR) is 46.4 cm³/mol. The van der Waals surface area contributed by atoms with Crippen molar-refractivity contribution in [1.82, 2.24) is 0 Å². The largest absolute Gasteiger partial charge is 0.308 e. The van der Waals surface area contributed by atoms with Crippen molar-refractivity contribution < 1.29 is 9.09 Å². The van der Waals surface area contributed by atoms with Crippen molar-refractivity contribution in [2.24, 2.45) is 0 Å². The predicted octanol–water partition coefficient (Wildman–Crippen LogP) is 2.21. The van der Waals surface area contributed by atoms with Crippen LogP contribution in [0.4, 0.5) is 0 Å². The second-order valence-electron chi connectivity index (χ2n) is 1.67. The van der Waals surface area contributed by atoms with Gasteiger partial charge in [0.05, 0.1) is 0 Å². The molecule has 0 N–H and O–H groups in total. The fourth-order valence-electron chi connectivity index (χ4n) is 0.426. The van der Waals surface area contributed by atoms with Gasteiger partial charge in [0.25, 0.3) is 6.57 Å². The number of hydrogen-bond acceptors (Lipinski definition) is 3. The zero-order valence-electron chi connectivity index (χ0n) is 6.16. The van der Waals surface area contributed by atoms with Gasteiger partial charge < -0.3 is 4.52 Å². The zero-order chi connectivity index (χ0) is 8.04. The molecule has 1 unspecified atom stereocenters. The third kappa shape index (κ3) is 4.93. The summed E-state index contributed by atoms with van der Waals surface area (Å²) in [5.74, 6) is 3.06. The molecule has 0 amide bonds. The minimum absolute atomic E-state index is 0.140. The van der Waals surface area contributed by atoms with E-state index in [1.807, 2.05) is 6.92 Å². The smallest absolute Gasteiger partial charge is 0.255 e. The second-order valence-corrected chi connectivity index (χ2v) is 7.07. The van der Waals surface area contributed by atoms with E-state index in [2.05, 4.69) is 5.92 Å². The molecule has 0 aromatic rings. The molecule has 58 valence electrons. The van der Waals surface area contributed by atoms with Crippen molar-refractivity contribution in [1.29, 1.82) is 0 Å². The lowest BCUT2D eigenvalue weighted by atomic mass is 10.8. The van der Waals surface area contributed by atoms with Gasteiger partial charge in [-0.25, -0.2) is 0 Å². The summed E-state index contributed by atoms with van der Waals surface area (Å²) >= 11 is 1.31. The highest BCUT2D eigenvalue weighted by Gasteiger charge is 2.13. The van der Waals surface area contributed by atoms with Gasteiger partial charge in [-0.2, -0.15) is 0 Å². The lowest BCUT2D eigenvalue weighted by molar-refractivity contribution is 0.377. The molecule has 2 nitrogen and oxygen atoms in total. The van der Waals surface area contributed by atoms with Gasteiger partial charge in [0.1, 0.15) is 6.61 Å². The van der Waals surface area contributed by atoms with Gasteiger partial charge in [0, 0.05) is 6.66 Å². The Morgan fingerprint density at radius 2 is 2.40 bits per heavy atom. The summed E-state index contributed by atoms with van der Waals surface area (Å²) in [6, 6.07) is 0. The molecule has 4 heteroatoms. The molecule has 0 aromatic heterocycles. The van der Waals surface area contributed by atoms with Crippen LogP contribution in [0.2, 0.25) is 0 Å². The Bertz CT molecular complexity index is 173. The van der Waals surface area contributed by atoms with E-state index in [4.69, 9.17) is 10.9 Å². The minimum atomic E-state index is -2.43. The molecule has 0 bridgehead atoms. The van der Waals surface area contributed by atoms with E-state index < -0.39 is 6.57 Å². The Labute approximate surface area is 65.9 Å². The van der Waals surface area contributed by atoms with Gasteiger partial charge in [-0.1, -0.05) is 24.2 Å². The van der Waals surface area contributed by atoms with Crippen LogP contribution in [-0.4, -0.2) is 19.0 Å². The van der Waals surface area contributed by atoms with E-state index in [1.165, 1.54) is 11.4 Å². The first kappa shape index (κ1) is 10.1. The summed E-state index contributed by atoms with van der Waals surface area (Å²) in [6.07, 6.45) is 4.93. The van der Waals surface area contributed by atoms with E-state index in [9.17, 15) is 4.57 Å². The summed E-state index contributed by atoms with van der Waals surface area (Å²) in [5, 5.41) is 0. The third-order valence-electron chi connectivity index (χ3n) is 0.746. The third-order valence-corrected chi connectivity index (χ3v) is 4.57. The maximum atomic E-state index is 11.2. The van der Waals surface area contributed by atoms with Crippen molar-refractivity contribution in [3.63, 3.8) is 0 Å². The van der Waals surface area contributed by atoms with Crippen molar-refractivity contribution in [3.8, 4) is 12.3 Å². The molecular weight excluding hydrogens is 167 g/mol. The van der Waals surface area contributed by atoms with E-state index in [0.717, 1.165) is 5.75 Å². The molecule has 0 aliphatic rings. The van der Waals surface area contributed by atoms with Crippen LogP contribution in [0, 0.1) is 12.3 Å². The number of rotatable bonds is 4. The summed E-state index contributed by atoms with van der Waals surface area (Å²) in [4.78, 5) is 0. The van der Waals surface area contributed by atoms with Crippen molar-refractivity contribution in [2.75, 3.05) is 19.0 Å². The van der Waals surface area contributed by atoms with Crippen LogP contribution in [-0.2, 0) is 9.09 Å². The summed E-state index contributed by atoms with van der Waals surface area (Å²) in [5.41, 5.74) is 0. The second kappa shape index (κ2) is 4.85. The van der Waals surface area contributed by atoms with Gasteiger partial charge >= 0.3 is 0 Å². The topological polar surface area (TPSA) is 26.3 Å². The molecule has 0 aromatic carbocycles. The quantitative estimate of drug-likeness (QED) is 0.487. The molecule has 1 atom stereocenters. The van der Waals surface area contributed by atoms with Gasteiger partial charge in [0.15, 0.2) is 0 Å². The molecule has 0 saturated heterocycles. The average molecular weight is 178 g/mol. The van der Waals surface area contributed by atoms with Crippen LogP contribution in [0.5, 0.6) is 0 Å². The Balaban J connectivity index is 3.67. The molecule has 0 saturated carbocycles. The maximum absolute atomic E-state index is 11.2. The molecule has 0 heterocycles. The molecule has 0 spiro atoms. The molecule has 0 radical (unpaired) electrons. The van der Waals surface area contributed by atoms with Gasteiger partial charge in [0.2, 0.25) is 0 Å². The van der Waals surface area contributed by atoms with Crippen LogP contribution in [0.3, 0.4) is 0 Å². The van der Waals surface area contributed by atoms with Crippen LogP contribution in [0.25, 0.3) is 0 Å². The first-order valence-electron chi connectivity index (χ1n) is 2.92. The molecule has 0 aliphatic carbocycles. The lowest BCUT2D eigenvalue weighted by Gasteiger charge is -2.08. The first-order valence-corrected chi connectivity index (χ1v) is 6.58. The SMILES string of the molecule is C#CCOP(C)(=O)SCC. The van der Waals surface area contributed by atoms with Crippen molar-refractivity contribution in [2.45, 2.75) is 6.92 Å². The van der Waals surface area contributed by atoms with Crippen molar-refractivity contribution in [3.05, 3.63) is 0 Å². The first-order chi connectivity index (χ1) is 4.62. The average Bonchev–Trinajstić information content (AvgIpc) is 1.84. The van der Waals surface area contributed by atoms with E-state index >= 15 is 0 Å². The van der Waals surface area contributed by atoms with E-state index in [1.54, 1.807) is 6.66 Å². The van der Waals surface area contributed by atoms with Crippen LogP contribution < -0.4 is 0 Å². The van der Waals surface area contributed by atoms with Crippen LogP contribution in [0.15, 0.2) is 0 Å². The van der Waals surface area contributed by atoms with E-state index in [0.29, 0.717) is 0 Å². The standard InChI is InChI=1S/C6H11O2PS/c1-4-6-8-9(3,7)10-5-2/h1H,5-6H2,2-3H3. The van der Waals surface area contributed by atoms with E-state index in [-0.39, 0.29) is 6.61 Å². The molecular formula is C6H11O2PS. The summed E-state index contributed by atoms with van der Waals surface area (Å²) < 4.78 is 16.1. The fraction of sp³-hybridized carbons (Fsp3) is 0.667. The normalized spacial score (nSPS) is 15.7. The molecule has 0 rings (SSSR count). The van der Waals surface area contributed by atoms with Gasteiger partial charge in [-0.05, 0) is 5.75 Å². The summed E-state index contributed by atoms with van der Waals surface area (Å²) in [7, 11) is 0. The fourth-order valence-corrected chi connectivity index (χ4v) is 3.07. The Kier molecular flexibility index (Phi) is 4.89. The minimum Gasteiger partial charge on any atom is -0.308 e.